The third-order valence-corrected chi connectivity index (χ3v) is 3.06. The van der Waals surface area contributed by atoms with Crippen molar-refractivity contribution in [3.63, 3.8) is 0 Å². The van der Waals surface area contributed by atoms with Crippen molar-refractivity contribution in [2.45, 2.75) is 6.54 Å². The number of nitrogens with zero attached hydrogens (tertiary/aromatic N) is 5. The third-order valence-electron chi connectivity index (χ3n) is 3.06. The lowest BCUT2D eigenvalue weighted by atomic mass is 10.3. The van der Waals surface area contributed by atoms with E-state index in [1.807, 2.05) is 7.05 Å². The number of likely N-dealkylation sites (N-methyl/N-ethyl adjacent to an activating group) is 1. The molecular weight excluding hydrogens is 264 g/mol. The molecule has 0 aliphatic carbocycles. The summed E-state index contributed by atoms with van der Waals surface area (Å²) in [6.07, 6.45) is 1.33. The van der Waals surface area contributed by atoms with Crippen LogP contribution in [0, 0.1) is 0 Å². The van der Waals surface area contributed by atoms with E-state index in [2.05, 4.69) is 15.0 Å². The van der Waals surface area contributed by atoms with Gasteiger partial charge in [-0.05, 0) is 7.05 Å². The number of carbonyl (C=O) groups excluding carboxylic acids is 2. The zero-order chi connectivity index (χ0) is 14.5. The van der Waals surface area contributed by atoms with Crippen LogP contribution in [0.15, 0.2) is 6.33 Å². The zero-order valence-corrected chi connectivity index (χ0v) is 11.4. The van der Waals surface area contributed by atoms with E-state index in [4.69, 9.17) is 10.5 Å². The largest absolute Gasteiger partial charge is 0.454 e. The molecule has 1 aliphatic heterocycles. The minimum absolute atomic E-state index is 0.0892. The number of aromatic nitrogens is 3. The van der Waals surface area contributed by atoms with Crippen LogP contribution in [-0.4, -0.2) is 76.3 Å². The summed E-state index contributed by atoms with van der Waals surface area (Å²) < 4.78 is 6.19. The topological polar surface area (TPSA) is 107 Å². The molecule has 0 spiro atoms. The molecule has 1 aromatic rings. The van der Waals surface area contributed by atoms with E-state index in [-0.39, 0.29) is 25.0 Å². The Hall–Kier alpha value is -2.16. The molecule has 110 valence electrons. The lowest BCUT2D eigenvalue weighted by Crippen LogP contribution is -2.48. The number of nitrogens with two attached hydrogens (primary N) is 1. The van der Waals surface area contributed by atoms with E-state index in [9.17, 15) is 9.59 Å². The van der Waals surface area contributed by atoms with E-state index in [1.165, 1.54) is 11.0 Å². The van der Waals surface area contributed by atoms with Crippen molar-refractivity contribution < 1.29 is 14.3 Å². The van der Waals surface area contributed by atoms with E-state index in [1.54, 1.807) is 4.90 Å². The fraction of sp³-hybridized carbons (Fsp3) is 0.636. The van der Waals surface area contributed by atoms with Gasteiger partial charge in [-0.1, -0.05) is 0 Å². The second kappa shape index (κ2) is 6.33. The normalized spacial score (nSPS) is 16.1. The van der Waals surface area contributed by atoms with Crippen molar-refractivity contribution in [1.82, 2.24) is 24.6 Å². The summed E-state index contributed by atoms with van der Waals surface area (Å²) in [7, 11) is 2.01. The summed E-state index contributed by atoms with van der Waals surface area (Å²) in [6, 6.07) is 0. The van der Waals surface area contributed by atoms with Gasteiger partial charge in [0.2, 0.25) is 5.95 Å². The van der Waals surface area contributed by atoms with Gasteiger partial charge in [-0.3, -0.25) is 9.59 Å². The maximum atomic E-state index is 11.8. The Bertz CT molecular complexity index is 480. The number of carbonyl (C=O) groups is 2. The van der Waals surface area contributed by atoms with Crippen LogP contribution in [-0.2, 0) is 20.9 Å². The monoisotopic (exact) mass is 282 g/mol. The number of rotatable bonds is 4. The first-order valence-electron chi connectivity index (χ1n) is 6.31. The predicted octanol–water partition coefficient (Wildman–Crippen LogP) is -1.82. The van der Waals surface area contributed by atoms with Gasteiger partial charge in [0.15, 0.2) is 6.61 Å². The van der Waals surface area contributed by atoms with Crippen LogP contribution >= 0.6 is 0 Å². The number of ether oxygens (including phenoxy) is 1. The van der Waals surface area contributed by atoms with Crippen LogP contribution in [0.5, 0.6) is 0 Å². The quantitative estimate of drug-likeness (QED) is 0.648. The van der Waals surface area contributed by atoms with E-state index in [0.717, 1.165) is 13.1 Å². The Labute approximate surface area is 116 Å². The molecule has 2 N–H and O–H groups in total. The Morgan fingerprint density at radius 2 is 2.05 bits per heavy atom. The number of anilines is 1. The van der Waals surface area contributed by atoms with Gasteiger partial charge in [-0.15, -0.1) is 5.10 Å². The number of piperazine rings is 1. The first-order chi connectivity index (χ1) is 9.54. The fourth-order valence-electron chi connectivity index (χ4n) is 1.85. The minimum Gasteiger partial charge on any atom is -0.454 e. The van der Waals surface area contributed by atoms with Gasteiger partial charge in [0.05, 0.1) is 0 Å². The zero-order valence-electron chi connectivity index (χ0n) is 11.4. The molecular formula is C11H18N6O3. The summed E-state index contributed by atoms with van der Waals surface area (Å²) in [5.74, 6) is -0.631. The van der Waals surface area contributed by atoms with Gasteiger partial charge < -0.3 is 20.3 Å². The summed E-state index contributed by atoms with van der Waals surface area (Å²) >= 11 is 0. The maximum Gasteiger partial charge on any atom is 0.328 e. The number of esters is 1. The summed E-state index contributed by atoms with van der Waals surface area (Å²) in [5.41, 5.74) is 5.33. The van der Waals surface area contributed by atoms with E-state index >= 15 is 0 Å². The number of hydrogen-bond acceptors (Lipinski definition) is 7. The number of nitrogen functional groups attached to an aromatic ring is 1. The molecule has 2 heterocycles. The van der Waals surface area contributed by atoms with Gasteiger partial charge in [0, 0.05) is 26.2 Å². The molecule has 1 aromatic heterocycles. The second-order valence-corrected chi connectivity index (χ2v) is 4.65. The molecule has 20 heavy (non-hydrogen) atoms. The van der Waals surface area contributed by atoms with Crippen molar-refractivity contribution in [2.75, 3.05) is 45.6 Å². The van der Waals surface area contributed by atoms with Gasteiger partial charge in [0.1, 0.15) is 12.9 Å². The van der Waals surface area contributed by atoms with Crippen LogP contribution in [0.1, 0.15) is 0 Å². The SMILES string of the molecule is CN1CCN(C(=O)COC(=O)Cn2cnc(N)n2)CC1. The van der Waals surface area contributed by atoms with Crippen molar-refractivity contribution in [2.24, 2.45) is 0 Å². The highest BCUT2D eigenvalue weighted by molar-refractivity contribution is 5.80. The first kappa shape index (κ1) is 14.3. The van der Waals surface area contributed by atoms with Crippen LogP contribution < -0.4 is 5.73 Å². The molecule has 9 heteroatoms. The first-order valence-corrected chi connectivity index (χ1v) is 6.31. The smallest absolute Gasteiger partial charge is 0.328 e. The van der Waals surface area contributed by atoms with E-state index in [0.29, 0.717) is 13.1 Å². The molecule has 9 nitrogen and oxygen atoms in total. The average Bonchev–Trinajstić information content (AvgIpc) is 2.82. The van der Waals surface area contributed by atoms with Gasteiger partial charge in [-0.25, -0.2) is 9.67 Å². The lowest BCUT2D eigenvalue weighted by Gasteiger charge is -2.32. The third kappa shape index (κ3) is 3.92. The summed E-state index contributed by atoms with van der Waals surface area (Å²) in [5, 5.41) is 3.76. The highest BCUT2D eigenvalue weighted by atomic mass is 16.5. The van der Waals surface area contributed by atoms with Crippen molar-refractivity contribution in [3.8, 4) is 0 Å². The molecule has 0 aromatic carbocycles. The summed E-state index contributed by atoms with van der Waals surface area (Å²) in [6.45, 7) is 2.63. The molecule has 0 unspecified atom stereocenters. The Kier molecular flexibility index (Phi) is 4.51. The average molecular weight is 282 g/mol. The standard InChI is InChI=1S/C11H18N6O3/c1-15-2-4-16(5-3-15)9(18)7-20-10(19)6-17-8-13-11(12)14-17/h8H,2-7H2,1H3,(H2,12,14). The lowest BCUT2D eigenvalue weighted by molar-refractivity contribution is -0.153. The maximum absolute atomic E-state index is 11.8. The molecule has 1 aliphatic rings. The molecule has 0 atom stereocenters. The Morgan fingerprint density at radius 1 is 1.35 bits per heavy atom. The summed E-state index contributed by atoms with van der Waals surface area (Å²) in [4.78, 5) is 30.9. The molecule has 1 fully saturated rings. The molecule has 0 bridgehead atoms. The Balaban J connectivity index is 1.71. The van der Waals surface area contributed by atoms with Crippen molar-refractivity contribution in [1.29, 1.82) is 0 Å². The van der Waals surface area contributed by atoms with Crippen LogP contribution in [0.3, 0.4) is 0 Å². The van der Waals surface area contributed by atoms with Crippen molar-refractivity contribution in [3.05, 3.63) is 6.33 Å². The molecule has 0 radical (unpaired) electrons. The molecule has 1 saturated heterocycles. The number of amides is 1. The highest BCUT2D eigenvalue weighted by Crippen LogP contribution is 2.00. The highest BCUT2D eigenvalue weighted by Gasteiger charge is 2.20. The predicted molar refractivity (Wildman–Crippen MR) is 69.5 cm³/mol. The molecule has 1 amide bonds. The van der Waals surface area contributed by atoms with Gasteiger partial charge in [-0.2, -0.15) is 0 Å². The second-order valence-electron chi connectivity index (χ2n) is 4.65. The van der Waals surface area contributed by atoms with Crippen LogP contribution in [0.25, 0.3) is 0 Å². The Morgan fingerprint density at radius 3 is 2.65 bits per heavy atom. The van der Waals surface area contributed by atoms with Gasteiger partial charge in [0.25, 0.3) is 5.91 Å². The number of hydrogen-bond donors (Lipinski definition) is 1. The minimum atomic E-state index is -0.544. The van der Waals surface area contributed by atoms with Crippen LogP contribution in [0.2, 0.25) is 0 Å². The fourth-order valence-corrected chi connectivity index (χ4v) is 1.85. The molecule has 2 rings (SSSR count). The van der Waals surface area contributed by atoms with Crippen molar-refractivity contribution >= 4 is 17.8 Å². The van der Waals surface area contributed by atoms with Gasteiger partial charge >= 0.3 is 5.97 Å². The molecule has 0 saturated carbocycles. The van der Waals surface area contributed by atoms with E-state index < -0.39 is 5.97 Å². The van der Waals surface area contributed by atoms with Crippen LogP contribution in [0.4, 0.5) is 5.95 Å².